The van der Waals surface area contributed by atoms with E-state index in [1.54, 1.807) is 16.2 Å². The van der Waals surface area contributed by atoms with Crippen LogP contribution in [0.3, 0.4) is 0 Å². The maximum Gasteiger partial charge on any atom is 0.255 e. The van der Waals surface area contributed by atoms with Gasteiger partial charge < -0.3 is 15.8 Å². The van der Waals surface area contributed by atoms with Crippen LogP contribution in [-0.2, 0) is 0 Å². The average Bonchev–Trinajstić information content (AvgIpc) is 3.12. The molecule has 0 saturated carbocycles. The molecule has 1 amide bonds. The van der Waals surface area contributed by atoms with E-state index in [1.165, 1.54) is 0 Å². The molecule has 1 aliphatic heterocycles. The van der Waals surface area contributed by atoms with Gasteiger partial charge in [0.15, 0.2) is 5.84 Å². The molecule has 5 nitrogen and oxygen atoms in total. The van der Waals surface area contributed by atoms with Crippen LogP contribution in [0.25, 0.3) is 10.1 Å². The van der Waals surface area contributed by atoms with Crippen molar-refractivity contribution in [1.29, 1.82) is 0 Å². The summed E-state index contributed by atoms with van der Waals surface area (Å²) in [6.07, 6.45) is 1.61. The number of benzene rings is 1. The Bertz CT molecular complexity index is 680. The van der Waals surface area contributed by atoms with Crippen LogP contribution in [0.15, 0.2) is 34.8 Å². The molecule has 2 aromatic rings. The van der Waals surface area contributed by atoms with Crippen molar-refractivity contribution in [3.05, 3.63) is 35.2 Å². The first-order valence-corrected chi connectivity index (χ1v) is 7.35. The molecule has 20 heavy (non-hydrogen) atoms. The molecule has 1 aliphatic rings. The predicted molar refractivity (Wildman–Crippen MR) is 79.3 cm³/mol. The molecule has 104 valence electrons. The quantitative estimate of drug-likeness (QED) is 0.385. The van der Waals surface area contributed by atoms with Crippen LogP contribution < -0.4 is 5.73 Å². The zero-order valence-electron chi connectivity index (χ0n) is 10.8. The maximum atomic E-state index is 12.7. The van der Waals surface area contributed by atoms with Crippen molar-refractivity contribution in [2.24, 2.45) is 10.9 Å². The number of carbonyl (C=O) groups is 1. The van der Waals surface area contributed by atoms with Crippen molar-refractivity contribution in [2.75, 3.05) is 6.54 Å². The van der Waals surface area contributed by atoms with Crippen LogP contribution in [0.1, 0.15) is 23.2 Å². The van der Waals surface area contributed by atoms with E-state index >= 15 is 0 Å². The summed E-state index contributed by atoms with van der Waals surface area (Å²) < 4.78 is 1.09. The standard InChI is InChI=1S/C14H15N3O2S/c15-13(16-19)11-5-3-7-17(11)14(18)10-8-20-12-6-2-1-4-9(10)12/h1-2,4,6,8,11,19H,3,5,7H2,(H2,15,16). The number of hydrogen-bond donors (Lipinski definition) is 2. The van der Waals surface area contributed by atoms with E-state index < -0.39 is 0 Å². The van der Waals surface area contributed by atoms with Crippen LogP contribution in [0.2, 0.25) is 0 Å². The number of rotatable bonds is 2. The van der Waals surface area contributed by atoms with Gasteiger partial charge >= 0.3 is 0 Å². The molecule has 1 fully saturated rings. The molecule has 3 N–H and O–H groups in total. The number of thiophene rings is 1. The van der Waals surface area contributed by atoms with Gasteiger partial charge in [-0.1, -0.05) is 23.4 Å². The van der Waals surface area contributed by atoms with Crippen molar-refractivity contribution < 1.29 is 10.0 Å². The summed E-state index contributed by atoms with van der Waals surface area (Å²) in [6, 6.07) is 7.54. The number of fused-ring (bicyclic) bond motifs is 1. The molecule has 1 saturated heterocycles. The van der Waals surface area contributed by atoms with Crippen molar-refractivity contribution in [3.8, 4) is 0 Å². The number of amides is 1. The number of nitrogens with zero attached hydrogens (tertiary/aromatic N) is 2. The topological polar surface area (TPSA) is 78.9 Å². The molecule has 0 bridgehead atoms. The third-order valence-electron chi connectivity index (χ3n) is 3.68. The Labute approximate surface area is 120 Å². The summed E-state index contributed by atoms with van der Waals surface area (Å²) in [7, 11) is 0. The van der Waals surface area contributed by atoms with E-state index in [9.17, 15) is 4.79 Å². The summed E-state index contributed by atoms with van der Waals surface area (Å²) in [5.74, 6) is 0.0620. The highest BCUT2D eigenvalue weighted by atomic mass is 32.1. The Morgan fingerprint density at radius 3 is 3.05 bits per heavy atom. The fourth-order valence-corrected chi connectivity index (χ4v) is 3.62. The number of likely N-dealkylation sites (tertiary alicyclic amines) is 1. The van der Waals surface area contributed by atoms with Crippen molar-refractivity contribution in [1.82, 2.24) is 4.90 Å². The summed E-state index contributed by atoms with van der Waals surface area (Å²) >= 11 is 1.56. The molecular weight excluding hydrogens is 274 g/mol. The van der Waals surface area contributed by atoms with Crippen LogP contribution in [-0.4, -0.2) is 34.4 Å². The van der Waals surface area contributed by atoms with E-state index in [0.717, 1.165) is 22.9 Å². The van der Waals surface area contributed by atoms with Crippen LogP contribution in [0, 0.1) is 0 Å². The number of oxime groups is 1. The fraction of sp³-hybridized carbons (Fsp3) is 0.286. The molecule has 1 unspecified atom stereocenters. The number of amidine groups is 1. The molecule has 2 heterocycles. The average molecular weight is 289 g/mol. The molecule has 0 spiro atoms. The highest BCUT2D eigenvalue weighted by molar-refractivity contribution is 7.17. The van der Waals surface area contributed by atoms with E-state index in [4.69, 9.17) is 10.9 Å². The molecule has 3 rings (SSSR count). The van der Waals surface area contributed by atoms with Gasteiger partial charge in [0.05, 0.1) is 11.6 Å². The molecule has 0 aliphatic carbocycles. The number of hydrogen-bond acceptors (Lipinski definition) is 4. The lowest BCUT2D eigenvalue weighted by Crippen LogP contribution is -2.43. The molecule has 6 heteroatoms. The number of carbonyl (C=O) groups excluding carboxylic acids is 1. The molecular formula is C14H15N3O2S. The first-order chi connectivity index (χ1) is 9.72. The summed E-state index contributed by atoms with van der Waals surface area (Å²) in [6.45, 7) is 0.643. The van der Waals surface area contributed by atoms with Crippen LogP contribution >= 0.6 is 11.3 Å². The third-order valence-corrected chi connectivity index (χ3v) is 4.65. The maximum absolute atomic E-state index is 12.7. The smallest absolute Gasteiger partial charge is 0.255 e. The Kier molecular flexibility index (Phi) is 3.31. The van der Waals surface area contributed by atoms with Gasteiger partial charge in [0.1, 0.15) is 0 Å². The largest absolute Gasteiger partial charge is 0.409 e. The van der Waals surface area contributed by atoms with Crippen molar-refractivity contribution in [2.45, 2.75) is 18.9 Å². The summed E-state index contributed by atoms with van der Waals surface area (Å²) in [5, 5.41) is 14.7. The second-order valence-electron chi connectivity index (χ2n) is 4.83. The van der Waals surface area contributed by atoms with Crippen molar-refractivity contribution in [3.63, 3.8) is 0 Å². The second kappa shape index (κ2) is 5.13. The first-order valence-electron chi connectivity index (χ1n) is 6.47. The van der Waals surface area contributed by atoms with Crippen LogP contribution in [0.4, 0.5) is 0 Å². The Hall–Kier alpha value is -2.08. The van der Waals surface area contributed by atoms with E-state index in [1.807, 2.05) is 29.6 Å². The minimum Gasteiger partial charge on any atom is -0.409 e. The predicted octanol–water partition coefficient (Wildman–Crippen LogP) is 2.25. The van der Waals surface area contributed by atoms with Gasteiger partial charge in [-0.2, -0.15) is 0 Å². The minimum atomic E-state index is -0.300. The normalized spacial score (nSPS) is 19.7. The zero-order valence-corrected chi connectivity index (χ0v) is 11.6. The number of nitrogens with two attached hydrogens (primary N) is 1. The van der Waals surface area contributed by atoms with Gasteiger partial charge in [-0.3, -0.25) is 4.79 Å². The van der Waals surface area contributed by atoms with E-state index in [0.29, 0.717) is 12.1 Å². The summed E-state index contributed by atoms with van der Waals surface area (Å²) in [4.78, 5) is 14.4. The lowest BCUT2D eigenvalue weighted by molar-refractivity contribution is 0.0770. The van der Waals surface area contributed by atoms with Gasteiger partial charge in [0, 0.05) is 22.0 Å². The second-order valence-corrected chi connectivity index (χ2v) is 5.74. The fourth-order valence-electron chi connectivity index (χ4n) is 2.68. The Balaban J connectivity index is 1.96. The molecule has 1 aromatic carbocycles. The van der Waals surface area contributed by atoms with Gasteiger partial charge in [0.2, 0.25) is 0 Å². The van der Waals surface area contributed by atoms with Gasteiger partial charge in [-0.05, 0) is 18.9 Å². The molecule has 0 radical (unpaired) electrons. The Morgan fingerprint density at radius 1 is 1.45 bits per heavy atom. The SMILES string of the molecule is NC(=NO)C1CCCN1C(=O)c1csc2ccccc12. The first kappa shape index (κ1) is 12.9. The van der Waals surface area contributed by atoms with Gasteiger partial charge in [-0.15, -0.1) is 11.3 Å². The lowest BCUT2D eigenvalue weighted by Gasteiger charge is -2.23. The van der Waals surface area contributed by atoms with Crippen LogP contribution in [0.5, 0.6) is 0 Å². The van der Waals surface area contributed by atoms with Gasteiger partial charge in [0.25, 0.3) is 5.91 Å². The molecule has 1 atom stereocenters. The third kappa shape index (κ3) is 2.02. The monoisotopic (exact) mass is 289 g/mol. The molecule has 1 aromatic heterocycles. The summed E-state index contributed by atoms with van der Waals surface area (Å²) in [5.41, 5.74) is 6.38. The van der Waals surface area contributed by atoms with E-state index in [-0.39, 0.29) is 17.8 Å². The highest BCUT2D eigenvalue weighted by Crippen LogP contribution is 2.29. The van der Waals surface area contributed by atoms with E-state index in [2.05, 4.69) is 5.16 Å². The van der Waals surface area contributed by atoms with Crippen molar-refractivity contribution >= 4 is 33.2 Å². The zero-order chi connectivity index (χ0) is 14.1. The Morgan fingerprint density at radius 2 is 2.25 bits per heavy atom. The minimum absolute atomic E-state index is 0.0449. The van der Waals surface area contributed by atoms with Gasteiger partial charge in [-0.25, -0.2) is 0 Å². The highest BCUT2D eigenvalue weighted by Gasteiger charge is 2.33. The lowest BCUT2D eigenvalue weighted by atomic mass is 10.1.